The molecular weight excluding hydrogens is 314 g/mol. The summed E-state index contributed by atoms with van der Waals surface area (Å²) in [7, 11) is 0. The number of aliphatic imine (C=N–C) groups is 1. The number of nitrogens with one attached hydrogen (secondary N) is 2. The first kappa shape index (κ1) is 19.7. The Morgan fingerprint density at radius 3 is 2.74 bits per heavy atom. The van der Waals surface area contributed by atoms with Gasteiger partial charge < -0.3 is 20.5 Å². The van der Waals surface area contributed by atoms with Gasteiger partial charge in [0.1, 0.15) is 0 Å². The Morgan fingerprint density at radius 2 is 2.09 bits per heavy atom. The van der Waals surface area contributed by atoms with E-state index in [4.69, 9.17) is 16.3 Å². The topological polar surface area (TPSA) is 65.9 Å². The van der Waals surface area contributed by atoms with E-state index in [2.05, 4.69) is 29.5 Å². The van der Waals surface area contributed by atoms with Crippen molar-refractivity contribution in [1.82, 2.24) is 10.6 Å². The van der Waals surface area contributed by atoms with Crippen molar-refractivity contribution in [2.75, 3.05) is 26.3 Å². The summed E-state index contributed by atoms with van der Waals surface area (Å²) in [6.07, 6.45) is -0.566. The van der Waals surface area contributed by atoms with Crippen molar-refractivity contribution >= 4 is 17.6 Å². The third-order valence-corrected chi connectivity index (χ3v) is 3.15. The molecule has 1 unspecified atom stereocenters. The Bertz CT molecular complexity index is 481. The molecule has 6 heteroatoms. The van der Waals surface area contributed by atoms with E-state index in [1.54, 1.807) is 0 Å². The molecule has 0 aliphatic heterocycles. The fraction of sp³-hybridized carbons (Fsp3) is 0.588. The Morgan fingerprint density at radius 1 is 1.30 bits per heavy atom. The molecule has 0 fully saturated rings. The van der Waals surface area contributed by atoms with E-state index >= 15 is 0 Å². The maximum absolute atomic E-state index is 9.91. The fourth-order valence-corrected chi connectivity index (χ4v) is 2.07. The minimum atomic E-state index is -0.566. The lowest BCUT2D eigenvalue weighted by Gasteiger charge is -2.16. The smallest absolute Gasteiger partial charge is 0.191 e. The summed E-state index contributed by atoms with van der Waals surface area (Å²) in [6.45, 7) is 8.79. The highest BCUT2D eigenvalue weighted by Crippen LogP contribution is 2.11. The Balaban J connectivity index is 2.43. The van der Waals surface area contributed by atoms with Gasteiger partial charge in [0.05, 0.1) is 19.3 Å². The van der Waals surface area contributed by atoms with Crippen molar-refractivity contribution in [3.63, 3.8) is 0 Å². The van der Waals surface area contributed by atoms with Crippen LogP contribution in [0.15, 0.2) is 29.3 Å². The molecule has 0 aliphatic carbocycles. The number of hydrogen-bond acceptors (Lipinski definition) is 3. The van der Waals surface area contributed by atoms with Crippen LogP contribution in [-0.2, 0) is 11.3 Å². The molecule has 0 spiro atoms. The molecule has 0 saturated heterocycles. The van der Waals surface area contributed by atoms with E-state index in [1.807, 2.05) is 31.2 Å². The number of rotatable bonds is 9. The maximum atomic E-state index is 9.91. The molecule has 5 nitrogen and oxygen atoms in total. The lowest BCUT2D eigenvalue weighted by Crippen LogP contribution is -2.42. The average Bonchev–Trinajstić information content (AvgIpc) is 2.50. The SMILES string of the molecule is CCNC(=NCc1cccc(Cl)c1)NCC(O)COCC(C)C. The van der Waals surface area contributed by atoms with E-state index < -0.39 is 6.10 Å². The normalized spacial score (nSPS) is 13.2. The number of aliphatic hydroxyl groups is 1. The van der Waals surface area contributed by atoms with Gasteiger partial charge in [-0.15, -0.1) is 0 Å². The van der Waals surface area contributed by atoms with Crippen molar-refractivity contribution in [3.05, 3.63) is 34.9 Å². The van der Waals surface area contributed by atoms with Gasteiger partial charge in [-0.3, -0.25) is 0 Å². The minimum Gasteiger partial charge on any atom is -0.389 e. The van der Waals surface area contributed by atoms with Gasteiger partial charge in [0.15, 0.2) is 5.96 Å². The monoisotopic (exact) mass is 341 g/mol. The molecule has 130 valence electrons. The molecule has 0 saturated carbocycles. The highest BCUT2D eigenvalue weighted by Gasteiger charge is 2.06. The molecule has 0 bridgehead atoms. The molecule has 0 aliphatic rings. The molecule has 23 heavy (non-hydrogen) atoms. The van der Waals surface area contributed by atoms with Crippen LogP contribution < -0.4 is 10.6 Å². The summed E-state index contributed by atoms with van der Waals surface area (Å²) in [6, 6.07) is 7.62. The summed E-state index contributed by atoms with van der Waals surface area (Å²) >= 11 is 5.97. The zero-order valence-corrected chi connectivity index (χ0v) is 14.9. The Labute approximate surface area is 144 Å². The van der Waals surface area contributed by atoms with E-state index in [1.165, 1.54) is 0 Å². The van der Waals surface area contributed by atoms with Gasteiger partial charge in [-0.05, 0) is 30.5 Å². The number of ether oxygens (including phenoxy) is 1. The fourth-order valence-electron chi connectivity index (χ4n) is 1.86. The highest BCUT2D eigenvalue weighted by molar-refractivity contribution is 6.30. The zero-order chi connectivity index (χ0) is 17.1. The molecule has 1 rings (SSSR count). The number of halogens is 1. The molecular formula is C17H28ClN3O2. The van der Waals surface area contributed by atoms with Crippen LogP contribution in [0.3, 0.4) is 0 Å². The molecule has 1 atom stereocenters. The lowest BCUT2D eigenvalue weighted by atomic mass is 10.2. The number of nitrogens with zero attached hydrogens (tertiary/aromatic N) is 1. The van der Waals surface area contributed by atoms with Gasteiger partial charge in [0, 0.05) is 24.7 Å². The second-order valence-corrected chi connectivity index (χ2v) is 6.23. The summed E-state index contributed by atoms with van der Waals surface area (Å²) in [5.74, 6) is 1.13. The van der Waals surface area contributed by atoms with Crippen LogP contribution in [0.1, 0.15) is 26.3 Å². The van der Waals surface area contributed by atoms with Gasteiger partial charge in [0.2, 0.25) is 0 Å². The molecule has 3 N–H and O–H groups in total. The predicted molar refractivity (Wildman–Crippen MR) is 95.9 cm³/mol. The number of guanidine groups is 1. The van der Waals surface area contributed by atoms with Crippen LogP contribution in [0.2, 0.25) is 5.02 Å². The van der Waals surface area contributed by atoms with E-state index in [0.29, 0.717) is 43.2 Å². The first-order valence-electron chi connectivity index (χ1n) is 8.03. The van der Waals surface area contributed by atoms with Crippen LogP contribution in [0.4, 0.5) is 0 Å². The summed E-state index contributed by atoms with van der Waals surface area (Å²) < 4.78 is 5.43. The molecule has 1 aromatic carbocycles. The van der Waals surface area contributed by atoms with Crippen molar-refractivity contribution in [1.29, 1.82) is 0 Å². The van der Waals surface area contributed by atoms with E-state index in [9.17, 15) is 5.11 Å². The first-order chi connectivity index (χ1) is 11.0. The number of benzene rings is 1. The Kier molecular flexibility index (Phi) is 9.67. The predicted octanol–water partition coefficient (Wildman–Crippen LogP) is 2.43. The molecule has 0 aromatic heterocycles. The van der Waals surface area contributed by atoms with Gasteiger partial charge in [0.25, 0.3) is 0 Å². The molecule has 0 heterocycles. The quantitative estimate of drug-likeness (QED) is 0.477. The first-order valence-corrected chi connectivity index (χ1v) is 8.41. The zero-order valence-electron chi connectivity index (χ0n) is 14.2. The van der Waals surface area contributed by atoms with Crippen molar-refractivity contribution in [3.8, 4) is 0 Å². The third-order valence-electron chi connectivity index (χ3n) is 2.92. The minimum absolute atomic E-state index is 0.318. The van der Waals surface area contributed by atoms with Crippen molar-refractivity contribution in [2.24, 2.45) is 10.9 Å². The van der Waals surface area contributed by atoms with Gasteiger partial charge in [-0.2, -0.15) is 0 Å². The lowest BCUT2D eigenvalue weighted by molar-refractivity contribution is 0.0280. The molecule has 0 amide bonds. The van der Waals surface area contributed by atoms with Gasteiger partial charge in [-0.25, -0.2) is 4.99 Å². The van der Waals surface area contributed by atoms with E-state index in [0.717, 1.165) is 12.1 Å². The van der Waals surface area contributed by atoms with Crippen molar-refractivity contribution < 1.29 is 9.84 Å². The molecule has 1 aromatic rings. The van der Waals surface area contributed by atoms with Crippen LogP contribution in [-0.4, -0.2) is 43.5 Å². The van der Waals surface area contributed by atoms with Gasteiger partial charge in [-0.1, -0.05) is 37.6 Å². The maximum Gasteiger partial charge on any atom is 0.191 e. The average molecular weight is 342 g/mol. The standard InChI is InChI=1S/C17H28ClN3O2/c1-4-19-17(20-9-14-6-5-7-15(18)8-14)21-10-16(22)12-23-11-13(2)3/h5-8,13,16,22H,4,9-12H2,1-3H3,(H2,19,20,21). The summed E-state index contributed by atoms with van der Waals surface area (Å²) in [5.41, 5.74) is 1.04. The van der Waals surface area contributed by atoms with Crippen LogP contribution in [0.25, 0.3) is 0 Å². The second kappa shape index (κ2) is 11.3. The Hall–Kier alpha value is -1.30. The van der Waals surface area contributed by atoms with Crippen LogP contribution >= 0.6 is 11.6 Å². The van der Waals surface area contributed by atoms with Crippen molar-refractivity contribution in [2.45, 2.75) is 33.4 Å². The summed E-state index contributed by atoms with van der Waals surface area (Å²) in [5, 5.41) is 16.9. The van der Waals surface area contributed by atoms with Crippen LogP contribution in [0.5, 0.6) is 0 Å². The second-order valence-electron chi connectivity index (χ2n) is 5.79. The van der Waals surface area contributed by atoms with Gasteiger partial charge >= 0.3 is 0 Å². The third kappa shape index (κ3) is 9.43. The molecule has 0 radical (unpaired) electrons. The number of aliphatic hydroxyl groups excluding tert-OH is 1. The van der Waals surface area contributed by atoms with E-state index in [-0.39, 0.29) is 0 Å². The highest BCUT2D eigenvalue weighted by atomic mass is 35.5. The summed E-state index contributed by atoms with van der Waals surface area (Å²) in [4.78, 5) is 4.49. The van der Waals surface area contributed by atoms with Crippen LogP contribution in [0, 0.1) is 5.92 Å². The number of hydrogen-bond donors (Lipinski definition) is 3. The largest absolute Gasteiger partial charge is 0.389 e.